The summed E-state index contributed by atoms with van der Waals surface area (Å²) in [5.41, 5.74) is 2.10. The van der Waals surface area contributed by atoms with Crippen molar-refractivity contribution < 1.29 is 9.59 Å². The molecule has 0 saturated carbocycles. The van der Waals surface area contributed by atoms with Gasteiger partial charge in [0, 0.05) is 18.0 Å². The molecule has 4 nitrogen and oxygen atoms in total. The third-order valence-corrected chi connectivity index (χ3v) is 7.03. The molecule has 0 fully saturated rings. The minimum absolute atomic E-state index is 0.0358. The Bertz CT molecular complexity index is 802. The highest BCUT2D eigenvalue weighted by molar-refractivity contribution is 7.17. The molecule has 0 radical (unpaired) electrons. The van der Waals surface area contributed by atoms with Crippen LogP contribution in [0.5, 0.6) is 0 Å². The number of carbonyl (C=O) groups excluding carboxylic acids is 2. The zero-order chi connectivity index (χ0) is 18.9. The summed E-state index contributed by atoms with van der Waals surface area (Å²) in [6.45, 7) is 9.87. The molecule has 2 aromatic rings. The van der Waals surface area contributed by atoms with Gasteiger partial charge in [-0.1, -0.05) is 19.9 Å². The largest absolute Gasteiger partial charge is 0.339 e. The number of nitrogens with one attached hydrogen (secondary N) is 1. The van der Waals surface area contributed by atoms with E-state index in [1.165, 1.54) is 16.2 Å². The van der Waals surface area contributed by atoms with Crippen LogP contribution in [0.15, 0.2) is 17.5 Å². The summed E-state index contributed by atoms with van der Waals surface area (Å²) in [7, 11) is 0. The molecular weight excluding hydrogens is 364 g/mol. The van der Waals surface area contributed by atoms with Gasteiger partial charge in [-0.3, -0.25) is 9.59 Å². The van der Waals surface area contributed by atoms with Gasteiger partial charge in [-0.2, -0.15) is 0 Å². The van der Waals surface area contributed by atoms with Gasteiger partial charge < -0.3 is 10.2 Å². The van der Waals surface area contributed by atoms with Crippen molar-refractivity contribution in [2.45, 2.75) is 47.0 Å². The predicted molar refractivity (Wildman–Crippen MR) is 110 cm³/mol. The topological polar surface area (TPSA) is 49.4 Å². The fourth-order valence-corrected chi connectivity index (χ4v) is 5.57. The quantitative estimate of drug-likeness (QED) is 0.776. The number of carbonyl (C=O) groups is 2. The van der Waals surface area contributed by atoms with E-state index in [0.29, 0.717) is 28.5 Å². The first-order chi connectivity index (χ1) is 12.4. The molecule has 2 amide bonds. The van der Waals surface area contributed by atoms with E-state index in [1.807, 2.05) is 36.3 Å². The van der Waals surface area contributed by atoms with Crippen LogP contribution in [0.2, 0.25) is 0 Å². The Morgan fingerprint density at radius 1 is 1.27 bits per heavy atom. The fraction of sp³-hybridized carbons (Fsp3) is 0.500. The number of thiophene rings is 2. The normalized spacial score (nSPS) is 15.4. The standard InChI is InChI=1S/C20H26N2O2S2/c1-5-22(6-2)19(24)16-13-9-10-20(3,4)12-15(13)26-18(16)21-17(23)14-8-7-11-25-14/h7-8,11H,5-6,9-10,12H2,1-4H3,(H,21,23). The lowest BCUT2D eigenvalue weighted by atomic mass is 9.77. The lowest BCUT2D eigenvalue weighted by Crippen LogP contribution is -2.32. The summed E-state index contributed by atoms with van der Waals surface area (Å²) < 4.78 is 0. The van der Waals surface area contributed by atoms with Crippen molar-refractivity contribution in [2.24, 2.45) is 5.41 Å². The molecule has 140 valence electrons. The minimum atomic E-state index is -0.133. The van der Waals surface area contributed by atoms with Gasteiger partial charge in [-0.05, 0) is 55.5 Å². The second kappa shape index (κ2) is 7.53. The average molecular weight is 391 g/mol. The fourth-order valence-electron chi connectivity index (χ4n) is 3.46. The van der Waals surface area contributed by atoms with E-state index in [9.17, 15) is 9.59 Å². The van der Waals surface area contributed by atoms with E-state index in [1.54, 1.807) is 11.3 Å². The van der Waals surface area contributed by atoms with Crippen LogP contribution in [0.3, 0.4) is 0 Å². The summed E-state index contributed by atoms with van der Waals surface area (Å²) in [5.74, 6) is -0.0971. The van der Waals surface area contributed by atoms with Gasteiger partial charge in [0.05, 0.1) is 10.4 Å². The second-order valence-electron chi connectivity index (χ2n) is 7.46. The molecule has 0 bridgehead atoms. The molecule has 0 unspecified atom stereocenters. The first-order valence-corrected chi connectivity index (χ1v) is 10.8. The SMILES string of the molecule is CCN(CC)C(=O)c1c(NC(=O)c2cccs2)sc2c1CCC(C)(C)C2. The van der Waals surface area contributed by atoms with Crippen molar-refractivity contribution in [1.29, 1.82) is 0 Å². The second-order valence-corrected chi connectivity index (χ2v) is 9.51. The summed E-state index contributed by atoms with van der Waals surface area (Å²) >= 11 is 2.99. The number of anilines is 1. The van der Waals surface area contributed by atoms with Gasteiger partial charge in [-0.15, -0.1) is 22.7 Å². The molecule has 1 N–H and O–H groups in total. The van der Waals surface area contributed by atoms with Crippen LogP contribution >= 0.6 is 22.7 Å². The number of hydrogen-bond donors (Lipinski definition) is 1. The van der Waals surface area contributed by atoms with Crippen LogP contribution in [-0.4, -0.2) is 29.8 Å². The van der Waals surface area contributed by atoms with E-state index in [4.69, 9.17) is 0 Å². The summed E-state index contributed by atoms with van der Waals surface area (Å²) in [6, 6.07) is 3.67. The van der Waals surface area contributed by atoms with Gasteiger partial charge in [0.15, 0.2) is 0 Å². The van der Waals surface area contributed by atoms with Gasteiger partial charge >= 0.3 is 0 Å². The van der Waals surface area contributed by atoms with Gasteiger partial charge in [-0.25, -0.2) is 0 Å². The van der Waals surface area contributed by atoms with E-state index in [2.05, 4.69) is 19.2 Å². The Morgan fingerprint density at radius 2 is 2.00 bits per heavy atom. The molecule has 3 rings (SSSR count). The maximum atomic E-state index is 13.2. The highest BCUT2D eigenvalue weighted by Gasteiger charge is 2.34. The Balaban J connectivity index is 2.01. The molecule has 2 aromatic heterocycles. The highest BCUT2D eigenvalue weighted by Crippen LogP contribution is 2.44. The molecule has 6 heteroatoms. The molecule has 26 heavy (non-hydrogen) atoms. The molecule has 2 heterocycles. The van der Waals surface area contributed by atoms with Crippen molar-refractivity contribution in [1.82, 2.24) is 4.90 Å². The smallest absolute Gasteiger partial charge is 0.266 e. The minimum Gasteiger partial charge on any atom is -0.339 e. The molecule has 0 aromatic carbocycles. The zero-order valence-corrected chi connectivity index (χ0v) is 17.5. The van der Waals surface area contributed by atoms with Crippen molar-refractivity contribution in [3.8, 4) is 0 Å². The van der Waals surface area contributed by atoms with Crippen LogP contribution < -0.4 is 5.32 Å². The molecule has 0 atom stereocenters. The number of fused-ring (bicyclic) bond motifs is 1. The summed E-state index contributed by atoms with van der Waals surface area (Å²) in [4.78, 5) is 29.5. The Labute approximate surface area is 163 Å². The van der Waals surface area contributed by atoms with Gasteiger partial charge in [0.2, 0.25) is 0 Å². The lowest BCUT2D eigenvalue weighted by molar-refractivity contribution is 0.0772. The highest BCUT2D eigenvalue weighted by atomic mass is 32.1. The number of nitrogens with zero attached hydrogens (tertiary/aromatic N) is 1. The van der Waals surface area contributed by atoms with E-state index in [-0.39, 0.29) is 17.2 Å². The summed E-state index contributed by atoms with van der Waals surface area (Å²) in [5, 5.41) is 5.62. The average Bonchev–Trinajstić information content (AvgIpc) is 3.22. The van der Waals surface area contributed by atoms with Gasteiger partial charge in [0.25, 0.3) is 11.8 Å². The van der Waals surface area contributed by atoms with Gasteiger partial charge in [0.1, 0.15) is 5.00 Å². The maximum absolute atomic E-state index is 13.2. The van der Waals surface area contributed by atoms with Crippen LogP contribution in [0, 0.1) is 5.41 Å². The molecule has 0 saturated heterocycles. The van der Waals surface area contributed by atoms with Crippen LogP contribution in [0.4, 0.5) is 5.00 Å². The summed E-state index contributed by atoms with van der Waals surface area (Å²) in [6.07, 6.45) is 2.92. The zero-order valence-electron chi connectivity index (χ0n) is 15.8. The number of rotatable bonds is 5. The van der Waals surface area contributed by atoms with Crippen LogP contribution in [0.25, 0.3) is 0 Å². The molecular formula is C20H26N2O2S2. The monoisotopic (exact) mass is 390 g/mol. The Morgan fingerprint density at radius 3 is 2.62 bits per heavy atom. The number of amides is 2. The molecule has 1 aliphatic carbocycles. The Hall–Kier alpha value is -1.66. The van der Waals surface area contributed by atoms with Crippen LogP contribution in [-0.2, 0) is 12.8 Å². The van der Waals surface area contributed by atoms with Crippen molar-refractivity contribution in [3.05, 3.63) is 38.4 Å². The maximum Gasteiger partial charge on any atom is 0.266 e. The first-order valence-electron chi connectivity index (χ1n) is 9.15. The predicted octanol–water partition coefficient (Wildman–Crippen LogP) is 5.06. The van der Waals surface area contributed by atoms with Crippen LogP contribution in [0.1, 0.15) is 64.6 Å². The van der Waals surface area contributed by atoms with E-state index >= 15 is 0 Å². The third-order valence-electron chi connectivity index (χ3n) is 5.02. The van der Waals surface area contributed by atoms with Crippen molar-refractivity contribution >= 4 is 39.5 Å². The molecule has 1 aliphatic rings. The number of hydrogen-bond acceptors (Lipinski definition) is 4. The van der Waals surface area contributed by atoms with E-state index in [0.717, 1.165) is 24.8 Å². The Kier molecular flexibility index (Phi) is 5.53. The van der Waals surface area contributed by atoms with E-state index < -0.39 is 0 Å². The van der Waals surface area contributed by atoms with Crippen molar-refractivity contribution in [3.63, 3.8) is 0 Å². The third kappa shape index (κ3) is 3.71. The lowest BCUT2D eigenvalue weighted by Gasteiger charge is -2.30. The van der Waals surface area contributed by atoms with Crippen molar-refractivity contribution in [2.75, 3.05) is 18.4 Å². The molecule has 0 spiro atoms. The molecule has 0 aliphatic heterocycles. The first kappa shape index (κ1) is 19.1.